The fourth-order valence-corrected chi connectivity index (χ4v) is 2.39. The second-order valence-electron chi connectivity index (χ2n) is 5.73. The van der Waals surface area contributed by atoms with E-state index in [1.54, 1.807) is 0 Å². The predicted molar refractivity (Wildman–Crippen MR) is 94.3 cm³/mol. The van der Waals surface area contributed by atoms with Crippen LogP contribution in [0.25, 0.3) is 0 Å². The van der Waals surface area contributed by atoms with Crippen LogP contribution < -0.4 is 5.73 Å². The SMILES string of the molecule is CCCCCCCC/C=C\CCCCCCCCN.[Sn]. The van der Waals surface area contributed by atoms with Gasteiger partial charge in [0.05, 0.1) is 0 Å². The molecule has 0 aliphatic rings. The van der Waals surface area contributed by atoms with Gasteiger partial charge in [0.2, 0.25) is 0 Å². The number of hydrogen-bond donors (Lipinski definition) is 1. The van der Waals surface area contributed by atoms with Crippen LogP contribution in [0.3, 0.4) is 0 Å². The fourth-order valence-electron chi connectivity index (χ4n) is 2.39. The van der Waals surface area contributed by atoms with Crippen molar-refractivity contribution in [3.8, 4) is 0 Å². The molecule has 0 atom stereocenters. The van der Waals surface area contributed by atoms with Crippen LogP contribution in [0.5, 0.6) is 0 Å². The molecule has 0 aromatic carbocycles. The third-order valence-electron chi connectivity index (χ3n) is 3.72. The summed E-state index contributed by atoms with van der Waals surface area (Å²) >= 11 is 0. The van der Waals surface area contributed by atoms with E-state index in [4.69, 9.17) is 5.73 Å². The molecule has 0 saturated heterocycles. The molecule has 0 aliphatic carbocycles. The van der Waals surface area contributed by atoms with E-state index in [1.165, 1.54) is 89.9 Å². The molecule has 0 amide bonds. The maximum atomic E-state index is 5.47. The largest absolute Gasteiger partial charge is 0.330 e. The van der Waals surface area contributed by atoms with E-state index in [-0.39, 0.29) is 23.9 Å². The zero-order valence-corrected chi connectivity index (χ0v) is 16.7. The maximum absolute atomic E-state index is 5.47. The van der Waals surface area contributed by atoms with Crippen molar-refractivity contribution in [2.75, 3.05) is 6.54 Å². The molecule has 0 bridgehead atoms. The van der Waals surface area contributed by atoms with E-state index < -0.39 is 0 Å². The molecular formula is C18H37NSn. The Balaban J connectivity index is 0. The number of unbranched alkanes of at least 4 members (excludes halogenated alkanes) is 12. The summed E-state index contributed by atoms with van der Waals surface area (Å²) in [5.74, 6) is 0. The molecule has 0 fully saturated rings. The topological polar surface area (TPSA) is 26.0 Å². The Hall–Kier alpha value is 0.499. The van der Waals surface area contributed by atoms with E-state index in [0.29, 0.717) is 0 Å². The Labute approximate surface area is 145 Å². The molecule has 2 heteroatoms. The Morgan fingerprint density at radius 3 is 1.45 bits per heavy atom. The average molecular weight is 386 g/mol. The summed E-state index contributed by atoms with van der Waals surface area (Å²) in [6.45, 7) is 3.14. The quantitative estimate of drug-likeness (QED) is 0.221. The molecule has 1 nitrogen and oxygen atoms in total. The van der Waals surface area contributed by atoms with Gasteiger partial charge >= 0.3 is 0 Å². The van der Waals surface area contributed by atoms with Gasteiger partial charge in [-0.3, -0.25) is 0 Å². The number of allylic oxidation sites excluding steroid dienone is 2. The first-order chi connectivity index (χ1) is 9.41. The first-order valence-corrected chi connectivity index (χ1v) is 8.77. The van der Waals surface area contributed by atoms with Crippen LogP contribution >= 0.6 is 0 Å². The van der Waals surface area contributed by atoms with E-state index in [1.807, 2.05) is 0 Å². The van der Waals surface area contributed by atoms with Crippen LogP contribution in [-0.4, -0.2) is 30.5 Å². The molecule has 2 N–H and O–H groups in total. The summed E-state index contributed by atoms with van der Waals surface area (Å²) < 4.78 is 0. The third-order valence-corrected chi connectivity index (χ3v) is 3.72. The van der Waals surface area contributed by atoms with Gasteiger partial charge in [-0.25, -0.2) is 0 Å². The Morgan fingerprint density at radius 1 is 0.600 bits per heavy atom. The van der Waals surface area contributed by atoms with Gasteiger partial charge in [0, 0.05) is 23.9 Å². The monoisotopic (exact) mass is 387 g/mol. The van der Waals surface area contributed by atoms with Gasteiger partial charge in [-0.05, 0) is 38.6 Å². The molecule has 0 rings (SSSR count). The standard InChI is InChI=1S/C18H37N.Sn/c1-2-3-4-5-6-7-8-9-10-11-12-13-14-15-16-17-18-19;/h9-10H,2-8,11-19H2,1H3;/b10-9-;. The van der Waals surface area contributed by atoms with Crippen molar-refractivity contribution >= 4 is 23.9 Å². The van der Waals surface area contributed by atoms with Crippen LogP contribution in [0.1, 0.15) is 96.8 Å². The van der Waals surface area contributed by atoms with Gasteiger partial charge in [0.15, 0.2) is 0 Å². The minimum atomic E-state index is 0. The molecule has 0 saturated carbocycles. The predicted octanol–water partition coefficient (Wildman–Crippen LogP) is 5.60. The zero-order chi connectivity index (χ0) is 14.0. The zero-order valence-electron chi connectivity index (χ0n) is 13.8. The minimum absolute atomic E-state index is 0. The molecule has 118 valence electrons. The normalized spacial score (nSPS) is 10.9. The van der Waals surface area contributed by atoms with Crippen LogP contribution in [0.4, 0.5) is 0 Å². The van der Waals surface area contributed by atoms with Gasteiger partial charge in [-0.1, -0.05) is 76.9 Å². The third kappa shape index (κ3) is 20.8. The smallest absolute Gasteiger partial charge is 0 e. The number of rotatable bonds is 15. The van der Waals surface area contributed by atoms with Crippen molar-refractivity contribution in [3.63, 3.8) is 0 Å². The summed E-state index contributed by atoms with van der Waals surface area (Å²) in [6, 6.07) is 0. The summed E-state index contributed by atoms with van der Waals surface area (Å²) in [7, 11) is 0. The van der Waals surface area contributed by atoms with Crippen molar-refractivity contribution in [2.24, 2.45) is 5.73 Å². The van der Waals surface area contributed by atoms with Crippen molar-refractivity contribution < 1.29 is 0 Å². The Kier molecular flexibility index (Phi) is 24.8. The van der Waals surface area contributed by atoms with Gasteiger partial charge in [-0.2, -0.15) is 0 Å². The van der Waals surface area contributed by atoms with Crippen molar-refractivity contribution in [1.82, 2.24) is 0 Å². The molecule has 4 radical (unpaired) electrons. The Morgan fingerprint density at radius 2 is 1.00 bits per heavy atom. The second-order valence-corrected chi connectivity index (χ2v) is 5.73. The van der Waals surface area contributed by atoms with Crippen LogP contribution in [0, 0.1) is 0 Å². The summed E-state index contributed by atoms with van der Waals surface area (Å²) in [5, 5.41) is 0. The molecule has 0 aliphatic heterocycles. The van der Waals surface area contributed by atoms with E-state index in [2.05, 4.69) is 19.1 Å². The summed E-state index contributed by atoms with van der Waals surface area (Å²) in [4.78, 5) is 0. The molecule has 20 heavy (non-hydrogen) atoms. The molecule has 0 aromatic heterocycles. The van der Waals surface area contributed by atoms with E-state index >= 15 is 0 Å². The molecular weight excluding hydrogens is 349 g/mol. The van der Waals surface area contributed by atoms with Crippen LogP contribution in [0.15, 0.2) is 12.2 Å². The second kappa shape index (κ2) is 21.8. The van der Waals surface area contributed by atoms with Crippen molar-refractivity contribution in [3.05, 3.63) is 12.2 Å². The minimum Gasteiger partial charge on any atom is -0.330 e. The van der Waals surface area contributed by atoms with Crippen LogP contribution in [-0.2, 0) is 0 Å². The molecule has 0 spiro atoms. The molecule has 0 aromatic rings. The first-order valence-electron chi connectivity index (χ1n) is 8.77. The van der Waals surface area contributed by atoms with E-state index in [0.717, 1.165) is 6.54 Å². The van der Waals surface area contributed by atoms with Gasteiger partial charge < -0.3 is 5.73 Å². The number of nitrogens with two attached hydrogens (primary N) is 1. The summed E-state index contributed by atoms with van der Waals surface area (Å²) in [6.07, 6.45) is 23.9. The molecule has 0 unspecified atom stereocenters. The van der Waals surface area contributed by atoms with Gasteiger partial charge in [0.1, 0.15) is 0 Å². The van der Waals surface area contributed by atoms with Gasteiger partial charge in [-0.15, -0.1) is 0 Å². The average Bonchev–Trinajstić information content (AvgIpc) is 2.43. The summed E-state index contributed by atoms with van der Waals surface area (Å²) in [5.41, 5.74) is 5.47. The molecule has 0 heterocycles. The van der Waals surface area contributed by atoms with Crippen molar-refractivity contribution in [1.29, 1.82) is 0 Å². The maximum Gasteiger partial charge on any atom is 0 e. The van der Waals surface area contributed by atoms with E-state index in [9.17, 15) is 0 Å². The first kappa shape index (κ1) is 22.8. The fraction of sp³-hybridized carbons (Fsp3) is 0.889. The van der Waals surface area contributed by atoms with Crippen LogP contribution in [0.2, 0.25) is 0 Å². The van der Waals surface area contributed by atoms with Crippen molar-refractivity contribution in [2.45, 2.75) is 96.8 Å². The Bertz CT molecular complexity index is 180. The van der Waals surface area contributed by atoms with Gasteiger partial charge in [0.25, 0.3) is 0 Å². The number of hydrogen-bond acceptors (Lipinski definition) is 1.